The van der Waals surface area contributed by atoms with Crippen molar-refractivity contribution in [2.75, 3.05) is 19.5 Å². The molecule has 0 bridgehead atoms. The van der Waals surface area contributed by atoms with E-state index < -0.39 is 0 Å². The minimum absolute atomic E-state index is 0.143. The maximum absolute atomic E-state index is 12.5. The van der Waals surface area contributed by atoms with Gasteiger partial charge in [0.2, 0.25) is 0 Å². The van der Waals surface area contributed by atoms with Crippen molar-refractivity contribution in [1.29, 1.82) is 0 Å². The van der Waals surface area contributed by atoms with Gasteiger partial charge in [0.15, 0.2) is 0 Å². The Kier molecular flexibility index (Phi) is 4.50. The summed E-state index contributed by atoms with van der Waals surface area (Å²) in [6.45, 7) is 2.20. The molecule has 0 radical (unpaired) electrons. The second kappa shape index (κ2) is 6.62. The average Bonchev–Trinajstić information content (AvgIpc) is 3.11. The van der Waals surface area contributed by atoms with Crippen LogP contribution in [0.15, 0.2) is 33.5 Å². The fourth-order valence-electron chi connectivity index (χ4n) is 2.88. The molecule has 0 unspecified atom stereocenters. The summed E-state index contributed by atoms with van der Waals surface area (Å²) >= 11 is 0. The van der Waals surface area contributed by atoms with Gasteiger partial charge in [0.25, 0.3) is 0 Å². The molecule has 3 rings (SSSR count). The van der Waals surface area contributed by atoms with Crippen molar-refractivity contribution in [2.45, 2.75) is 13.5 Å². The Bertz CT molecular complexity index is 1030. The lowest BCUT2D eigenvalue weighted by molar-refractivity contribution is 0.216. The highest BCUT2D eigenvalue weighted by Crippen LogP contribution is 2.30. The molecule has 26 heavy (non-hydrogen) atoms. The molecule has 8 nitrogen and oxygen atoms in total. The summed E-state index contributed by atoms with van der Waals surface area (Å²) in [4.78, 5) is 26.1. The van der Waals surface area contributed by atoms with Crippen LogP contribution >= 0.6 is 0 Å². The van der Waals surface area contributed by atoms with Crippen molar-refractivity contribution >= 4 is 22.8 Å². The first-order valence-corrected chi connectivity index (χ1v) is 8.12. The molecule has 0 fully saturated rings. The quantitative estimate of drug-likeness (QED) is 0.777. The highest BCUT2D eigenvalue weighted by Gasteiger charge is 2.17. The Balaban J connectivity index is 1.88. The highest BCUT2D eigenvalue weighted by atomic mass is 16.5. The van der Waals surface area contributed by atoms with E-state index in [1.807, 2.05) is 19.1 Å². The molecule has 0 aliphatic rings. The molecule has 2 aromatic heterocycles. The molecule has 0 atom stereocenters. The topological polar surface area (TPSA) is 81.6 Å². The van der Waals surface area contributed by atoms with Crippen molar-refractivity contribution in [2.24, 2.45) is 14.1 Å². The van der Waals surface area contributed by atoms with Gasteiger partial charge in [-0.05, 0) is 25.1 Å². The largest absolute Gasteiger partial charge is 0.494 e. The van der Waals surface area contributed by atoms with Crippen LogP contribution in [0, 0.1) is 6.92 Å². The van der Waals surface area contributed by atoms with Gasteiger partial charge in [0, 0.05) is 27.2 Å². The van der Waals surface area contributed by atoms with E-state index in [1.165, 1.54) is 21.1 Å². The van der Waals surface area contributed by atoms with Crippen LogP contribution in [0.5, 0.6) is 5.75 Å². The van der Waals surface area contributed by atoms with E-state index in [1.54, 1.807) is 33.3 Å². The normalized spacial score (nSPS) is 11.0. The van der Waals surface area contributed by atoms with Gasteiger partial charge < -0.3 is 19.4 Å². The number of carbonyl (C=O) groups excluding carboxylic acids is 1. The van der Waals surface area contributed by atoms with Gasteiger partial charge in [0.1, 0.15) is 17.3 Å². The number of hydrogen-bond donors (Lipinski definition) is 1. The second-order valence-electron chi connectivity index (χ2n) is 6.24. The van der Waals surface area contributed by atoms with E-state index >= 15 is 0 Å². The third-order valence-electron chi connectivity index (χ3n) is 4.37. The zero-order valence-electron chi connectivity index (χ0n) is 15.5. The van der Waals surface area contributed by atoms with Crippen molar-refractivity contribution in [3.8, 4) is 5.75 Å². The molecule has 0 spiro atoms. The molecule has 0 aliphatic heterocycles. The minimum Gasteiger partial charge on any atom is -0.494 e. The number of aromatic nitrogens is 2. The van der Waals surface area contributed by atoms with E-state index in [4.69, 9.17) is 9.15 Å². The van der Waals surface area contributed by atoms with Gasteiger partial charge in [-0.1, -0.05) is 0 Å². The number of rotatable bonds is 4. The molecule has 0 saturated carbocycles. The fraction of sp³-hybridized carbons (Fsp3) is 0.333. The SMILES string of the molecule is COc1cc2c(cc1NC(=O)N(C)Cc1ccc(C)o1)n(C)c(=O)n2C. The first kappa shape index (κ1) is 17.7. The van der Waals surface area contributed by atoms with Crippen LogP contribution in [0.2, 0.25) is 0 Å². The molecular weight excluding hydrogens is 336 g/mol. The van der Waals surface area contributed by atoms with Crippen LogP contribution in [0.1, 0.15) is 11.5 Å². The van der Waals surface area contributed by atoms with Crippen LogP contribution in [-0.2, 0) is 20.6 Å². The molecule has 138 valence electrons. The second-order valence-corrected chi connectivity index (χ2v) is 6.24. The number of aryl methyl sites for hydroxylation is 3. The van der Waals surface area contributed by atoms with Gasteiger partial charge in [-0.15, -0.1) is 0 Å². The van der Waals surface area contributed by atoms with E-state index in [9.17, 15) is 9.59 Å². The van der Waals surface area contributed by atoms with E-state index in [0.717, 1.165) is 11.3 Å². The van der Waals surface area contributed by atoms with Crippen molar-refractivity contribution in [3.63, 3.8) is 0 Å². The molecule has 2 amide bonds. The molecule has 8 heteroatoms. The highest BCUT2D eigenvalue weighted by molar-refractivity contribution is 5.94. The summed E-state index contributed by atoms with van der Waals surface area (Å²) in [7, 11) is 6.58. The molecule has 1 N–H and O–H groups in total. The summed E-state index contributed by atoms with van der Waals surface area (Å²) < 4.78 is 13.9. The number of fused-ring (bicyclic) bond motifs is 1. The van der Waals surface area contributed by atoms with Gasteiger partial charge in [-0.3, -0.25) is 9.13 Å². The summed E-state index contributed by atoms with van der Waals surface area (Å²) in [5.41, 5.74) is 1.79. The summed E-state index contributed by atoms with van der Waals surface area (Å²) in [6.07, 6.45) is 0. The van der Waals surface area contributed by atoms with Crippen LogP contribution in [0.3, 0.4) is 0 Å². The summed E-state index contributed by atoms with van der Waals surface area (Å²) in [5, 5.41) is 2.83. The van der Waals surface area contributed by atoms with Gasteiger partial charge >= 0.3 is 11.7 Å². The number of amides is 2. The smallest absolute Gasteiger partial charge is 0.328 e. The number of nitrogens with one attached hydrogen (secondary N) is 1. The number of nitrogens with zero attached hydrogens (tertiary/aromatic N) is 3. The van der Waals surface area contributed by atoms with E-state index in [0.29, 0.717) is 29.3 Å². The van der Waals surface area contributed by atoms with Crippen molar-refractivity contribution < 1.29 is 13.9 Å². The Morgan fingerprint density at radius 2 is 1.88 bits per heavy atom. The lowest BCUT2D eigenvalue weighted by Crippen LogP contribution is -2.30. The number of ether oxygens (including phenoxy) is 1. The maximum Gasteiger partial charge on any atom is 0.328 e. The Hall–Kier alpha value is -3.16. The number of urea groups is 1. The zero-order chi connectivity index (χ0) is 19.0. The third kappa shape index (κ3) is 3.05. The van der Waals surface area contributed by atoms with Gasteiger partial charge in [-0.2, -0.15) is 0 Å². The maximum atomic E-state index is 12.5. The minimum atomic E-state index is -0.308. The standard InChI is InChI=1S/C18H22N4O4/c1-11-6-7-12(26-11)10-20(2)17(23)19-13-8-14-15(9-16(13)25-5)22(4)18(24)21(14)3/h6-9H,10H2,1-5H3,(H,19,23). The first-order chi connectivity index (χ1) is 12.3. The average molecular weight is 358 g/mol. The third-order valence-corrected chi connectivity index (χ3v) is 4.37. The number of benzene rings is 1. The Morgan fingerprint density at radius 3 is 2.46 bits per heavy atom. The number of anilines is 1. The van der Waals surface area contributed by atoms with Crippen molar-refractivity contribution in [3.05, 3.63) is 46.3 Å². The van der Waals surface area contributed by atoms with Crippen LogP contribution in [0.25, 0.3) is 11.0 Å². The molecular formula is C18H22N4O4. The van der Waals surface area contributed by atoms with Crippen LogP contribution in [-0.4, -0.2) is 34.2 Å². The van der Waals surface area contributed by atoms with Gasteiger partial charge in [-0.25, -0.2) is 9.59 Å². The fourth-order valence-corrected chi connectivity index (χ4v) is 2.88. The van der Waals surface area contributed by atoms with Crippen LogP contribution in [0.4, 0.5) is 10.5 Å². The molecule has 0 aliphatic carbocycles. The number of methoxy groups -OCH3 is 1. The zero-order valence-corrected chi connectivity index (χ0v) is 15.5. The predicted molar refractivity (Wildman–Crippen MR) is 98.6 cm³/mol. The lowest BCUT2D eigenvalue weighted by Gasteiger charge is -2.18. The number of imidazole rings is 1. The van der Waals surface area contributed by atoms with Crippen molar-refractivity contribution in [1.82, 2.24) is 14.0 Å². The Morgan fingerprint density at radius 1 is 1.23 bits per heavy atom. The summed E-state index contributed by atoms with van der Waals surface area (Å²) in [6, 6.07) is 6.86. The molecule has 3 aromatic rings. The number of carbonyl (C=O) groups is 1. The number of furan rings is 1. The first-order valence-electron chi connectivity index (χ1n) is 8.12. The van der Waals surface area contributed by atoms with Crippen LogP contribution < -0.4 is 15.7 Å². The Labute approximate surface area is 150 Å². The predicted octanol–water partition coefficient (Wildman–Crippen LogP) is 2.45. The van der Waals surface area contributed by atoms with E-state index in [-0.39, 0.29) is 11.7 Å². The summed E-state index contributed by atoms with van der Waals surface area (Å²) in [5.74, 6) is 1.98. The van der Waals surface area contributed by atoms with E-state index in [2.05, 4.69) is 5.32 Å². The molecule has 0 saturated heterocycles. The van der Waals surface area contributed by atoms with Gasteiger partial charge in [0.05, 0.1) is 30.4 Å². The molecule has 2 heterocycles. The lowest BCUT2D eigenvalue weighted by atomic mass is 10.2. The molecule has 1 aromatic carbocycles. The number of hydrogen-bond acceptors (Lipinski definition) is 4. The monoisotopic (exact) mass is 358 g/mol.